The van der Waals surface area contributed by atoms with Gasteiger partial charge in [-0.15, -0.1) is 11.3 Å². The van der Waals surface area contributed by atoms with Gasteiger partial charge in [0.05, 0.1) is 18.7 Å². The number of nitrogens with zero attached hydrogens (tertiary/aromatic N) is 3. The van der Waals surface area contributed by atoms with Crippen molar-refractivity contribution in [2.24, 2.45) is 4.99 Å². The lowest BCUT2D eigenvalue weighted by atomic mass is 9.98. The second-order valence-corrected chi connectivity index (χ2v) is 9.65. The molecule has 0 saturated heterocycles. The normalized spacial score (nSPS) is 15.1. The van der Waals surface area contributed by atoms with Gasteiger partial charge in [-0.05, 0) is 47.7 Å². The van der Waals surface area contributed by atoms with Crippen LogP contribution in [0, 0.1) is 0 Å². The van der Waals surface area contributed by atoms with Crippen molar-refractivity contribution in [1.29, 1.82) is 0 Å². The number of ether oxygens (including phenoxy) is 1. The van der Waals surface area contributed by atoms with Crippen molar-refractivity contribution in [2.75, 3.05) is 40.3 Å². The highest BCUT2D eigenvalue weighted by Gasteiger charge is 2.34. The molecule has 11 heteroatoms. The summed E-state index contributed by atoms with van der Waals surface area (Å²) in [6.07, 6.45) is 0.742. The molecule has 1 aromatic heterocycles. The summed E-state index contributed by atoms with van der Waals surface area (Å²) in [5, 5.41) is 5.46. The highest BCUT2D eigenvalue weighted by molar-refractivity contribution is 7.16. The van der Waals surface area contributed by atoms with Gasteiger partial charge in [-0.25, -0.2) is 9.78 Å². The zero-order valence-electron chi connectivity index (χ0n) is 19.2. The molecule has 0 fully saturated rings. The number of alkyl carbamates (subject to hydrolysis) is 1. The average molecular weight is 466 g/mol. The molecule has 176 valence electrons. The van der Waals surface area contributed by atoms with Crippen molar-refractivity contribution in [3.05, 3.63) is 15.6 Å². The first kappa shape index (κ1) is 25.6. The monoisotopic (exact) mass is 465 g/mol. The van der Waals surface area contributed by atoms with Crippen LogP contribution in [0.25, 0.3) is 0 Å². The van der Waals surface area contributed by atoms with Crippen molar-refractivity contribution in [3.8, 4) is 0 Å². The summed E-state index contributed by atoms with van der Waals surface area (Å²) in [5.41, 5.74) is -0.340. The molecule has 1 heterocycles. The van der Waals surface area contributed by atoms with Gasteiger partial charge in [-0.2, -0.15) is 0 Å². The first-order valence-corrected chi connectivity index (χ1v) is 11.3. The van der Waals surface area contributed by atoms with E-state index in [1.54, 1.807) is 20.8 Å². The first-order chi connectivity index (χ1) is 15.0. The zero-order valence-corrected chi connectivity index (χ0v) is 20.1. The van der Waals surface area contributed by atoms with E-state index < -0.39 is 17.6 Å². The molecule has 0 aromatic carbocycles. The van der Waals surface area contributed by atoms with Gasteiger partial charge < -0.3 is 20.3 Å². The van der Waals surface area contributed by atoms with Gasteiger partial charge in [0.2, 0.25) is 5.78 Å². The summed E-state index contributed by atoms with van der Waals surface area (Å²) in [5.74, 6) is -1.06. The summed E-state index contributed by atoms with van der Waals surface area (Å²) in [6.45, 7) is 7.25. The lowest BCUT2D eigenvalue weighted by Gasteiger charge is -2.19. The third kappa shape index (κ3) is 7.79. The Labute approximate surface area is 191 Å². The highest BCUT2D eigenvalue weighted by Crippen LogP contribution is 2.26. The Hall–Kier alpha value is -2.66. The molecule has 2 rings (SSSR count). The van der Waals surface area contributed by atoms with Gasteiger partial charge in [0.25, 0.3) is 5.91 Å². The molecule has 32 heavy (non-hydrogen) atoms. The van der Waals surface area contributed by atoms with Crippen LogP contribution in [0.5, 0.6) is 0 Å². The van der Waals surface area contributed by atoms with E-state index in [2.05, 4.69) is 20.6 Å². The minimum atomic E-state index is -0.549. The van der Waals surface area contributed by atoms with Gasteiger partial charge in [-0.3, -0.25) is 19.4 Å². The first-order valence-electron chi connectivity index (χ1n) is 10.5. The molecule has 2 N–H and O–H groups in total. The van der Waals surface area contributed by atoms with Crippen molar-refractivity contribution < 1.29 is 23.9 Å². The fraction of sp³-hybridized carbons (Fsp3) is 0.619. The lowest BCUT2D eigenvalue weighted by molar-refractivity contribution is 0.0526. The Morgan fingerprint density at radius 3 is 2.44 bits per heavy atom. The van der Waals surface area contributed by atoms with E-state index in [-0.39, 0.29) is 39.3 Å². The van der Waals surface area contributed by atoms with Gasteiger partial charge in [0, 0.05) is 19.6 Å². The standard InChI is InChI=1S/C21H31N5O5S/c1-21(2,3)31-20(30)24-9-7-6-8-23-18(29)19-25-15-16(28)13(22-10-11-26(4)5)12-14(27)17(15)32-19/h6-12H2,1-5H3,(H,23,29)(H,24,30). The Balaban J connectivity index is 1.83. The number of nitrogens with one attached hydrogen (secondary N) is 2. The Morgan fingerprint density at radius 1 is 1.16 bits per heavy atom. The third-order valence-corrected chi connectivity index (χ3v) is 5.38. The van der Waals surface area contributed by atoms with Crippen LogP contribution in [-0.2, 0) is 4.74 Å². The molecule has 0 unspecified atom stereocenters. The maximum Gasteiger partial charge on any atom is 0.407 e. The molecule has 0 atom stereocenters. The number of unbranched alkanes of at least 4 members (excludes halogenated alkanes) is 1. The van der Waals surface area contributed by atoms with Crippen LogP contribution < -0.4 is 10.6 Å². The quantitative estimate of drug-likeness (QED) is 0.533. The SMILES string of the molecule is CN(C)CCN=C1CC(=O)c2sc(C(=O)NCCCCNC(=O)OC(C)(C)C)nc2C1=O. The molecule has 0 spiro atoms. The number of ketones is 2. The number of rotatable bonds is 9. The molecule has 0 radical (unpaired) electrons. The number of amides is 2. The molecular formula is C21H31N5O5S. The molecule has 0 aliphatic heterocycles. The van der Waals surface area contributed by atoms with Crippen LogP contribution in [0.15, 0.2) is 4.99 Å². The second-order valence-electron chi connectivity index (χ2n) is 8.65. The van der Waals surface area contributed by atoms with E-state index in [1.807, 2.05) is 19.0 Å². The number of fused-ring (bicyclic) bond motifs is 1. The summed E-state index contributed by atoms with van der Waals surface area (Å²) in [4.78, 5) is 59.5. The molecule has 1 aromatic rings. The fourth-order valence-electron chi connectivity index (χ4n) is 2.75. The molecule has 0 bridgehead atoms. The summed E-state index contributed by atoms with van der Waals surface area (Å²) in [6, 6.07) is 0. The van der Waals surface area contributed by atoms with Gasteiger partial charge >= 0.3 is 6.09 Å². The third-order valence-electron chi connectivity index (χ3n) is 4.29. The van der Waals surface area contributed by atoms with Crippen LogP contribution in [-0.4, -0.2) is 85.0 Å². The number of hydrogen-bond donors (Lipinski definition) is 2. The Morgan fingerprint density at radius 2 is 1.81 bits per heavy atom. The van der Waals surface area contributed by atoms with Crippen LogP contribution in [0.1, 0.15) is 70.0 Å². The maximum atomic E-state index is 12.6. The second kappa shape index (κ2) is 11.3. The number of carbonyl (C=O) groups excluding carboxylic acids is 4. The summed E-state index contributed by atoms with van der Waals surface area (Å²) < 4.78 is 5.14. The number of likely N-dealkylation sites (N-methyl/N-ethyl adjacent to an activating group) is 1. The minimum absolute atomic E-state index is 0.0153. The van der Waals surface area contributed by atoms with Crippen LogP contribution in [0.4, 0.5) is 4.79 Å². The topological polar surface area (TPSA) is 130 Å². The smallest absolute Gasteiger partial charge is 0.407 e. The van der Waals surface area contributed by atoms with E-state index >= 15 is 0 Å². The minimum Gasteiger partial charge on any atom is -0.444 e. The van der Waals surface area contributed by atoms with Gasteiger partial charge in [0.1, 0.15) is 16.2 Å². The zero-order chi connectivity index (χ0) is 23.9. The number of aromatic nitrogens is 1. The Kier molecular flexibility index (Phi) is 9.02. The maximum absolute atomic E-state index is 12.6. The largest absolute Gasteiger partial charge is 0.444 e. The molecule has 2 amide bonds. The Bertz CT molecular complexity index is 901. The number of thiazole rings is 1. The van der Waals surface area contributed by atoms with Crippen LogP contribution >= 0.6 is 11.3 Å². The lowest BCUT2D eigenvalue weighted by Crippen LogP contribution is -2.33. The van der Waals surface area contributed by atoms with Crippen molar-refractivity contribution >= 4 is 40.6 Å². The molecule has 0 saturated carbocycles. The van der Waals surface area contributed by atoms with Crippen molar-refractivity contribution in [1.82, 2.24) is 20.5 Å². The molecular weight excluding hydrogens is 434 g/mol. The van der Waals surface area contributed by atoms with E-state index in [4.69, 9.17) is 4.74 Å². The highest BCUT2D eigenvalue weighted by atomic mass is 32.1. The summed E-state index contributed by atoms with van der Waals surface area (Å²) >= 11 is 0.933. The fourth-order valence-corrected chi connectivity index (χ4v) is 3.67. The van der Waals surface area contributed by atoms with Crippen LogP contribution in [0.3, 0.4) is 0 Å². The number of carbonyl (C=O) groups is 4. The van der Waals surface area contributed by atoms with Crippen molar-refractivity contribution in [2.45, 2.75) is 45.6 Å². The number of aliphatic imine (C=N–C) groups is 1. The average Bonchev–Trinajstić information content (AvgIpc) is 3.13. The molecule has 1 aliphatic rings. The number of hydrogen-bond acceptors (Lipinski definition) is 9. The molecule has 1 aliphatic carbocycles. The van der Waals surface area contributed by atoms with E-state index in [9.17, 15) is 19.2 Å². The van der Waals surface area contributed by atoms with E-state index in [1.165, 1.54) is 0 Å². The van der Waals surface area contributed by atoms with Crippen molar-refractivity contribution in [3.63, 3.8) is 0 Å². The van der Waals surface area contributed by atoms with E-state index in [0.29, 0.717) is 39.0 Å². The predicted octanol–water partition coefficient (Wildman–Crippen LogP) is 1.95. The van der Waals surface area contributed by atoms with Gasteiger partial charge in [-0.1, -0.05) is 0 Å². The predicted molar refractivity (Wildman–Crippen MR) is 122 cm³/mol. The van der Waals surface area contributed by atoms with Gasteiger partial charge in [0.15, 0.2) is 10.8 Å². The van der Waals surface area contributed by atoms with E-state index in [0.717, 1.165) is 11.3 Å². The number of Topliss-reactive ketones (excluding diaryl/α,β-unsaturated/α-hetero) is 2. The van der Waals surface area contributed by atoms with Crippen LogP contribution in [0.2, 0.25) is 0 Å². The summed E-state index contributed by atoms with van der Waals surface area (Å²) in [7, 11) is 3.80. The molecule has 10 nitrogen and oxygen atoms in total.